The van der Waals surface area contributed by atoms with Crippen LogP contribution in [0, 0.1) is 30.3 Å². The first-order valence-corrected chi connectivity index (χ1v) is 4.03. The topological polar surface area (TPSA) is 129 Å². The van der Waals surface area contributed by atoms with Crippen molar-refractivity contribution in [1.82, 2.24) is 0 Å². The second-order valence-electron chi connectivity index (χ2n) is 2.58. The Labute approximate surface area is 92.5 Å². The Bertz CT molecular complexity index is 466. The van der Waals surface area contributed by atoms with Crippen LogP contribution >= 0.6 is 12.6 Å². The van der Waals surface area contributed by atoms with Crippen LogP contribution in [0.3, 0.4) is 0 Å². The maximum absolute atomic E-state index is 10.5. The smallest absolute Gasteiger partial charge is 0.258 e. The molecule has 9 nitrogen and oxygen atoms in total. The molecule has 0 fully saturated rings. The van der Waals surface area contributed by atoms with Gasteiger partial charge in [-0.1, -0.05) is 12.6 Å². The zero-order valence-electron chi connectivity index (χ0n) is 7.35. The SMILES string of the molecule is O=[N+]([O-])c1cc([N+](=O)[O-])c([S])c([N+](=O)[O-])c1. The molecular weight excluding hydrogens is 242 g/mol. The predicted octanol–water partition coefficient (Wildman–Crippen LogP) is 1.97. The van der Waals surface area contributed by atoms with Crippen LogP contribution < -0.4 is 0 Å². The third-order valence-corrected chi connectivity index (χ3v) is 2.06. The highest BCUT2D eigenvalue weighted by Crippen LogP contribution is 2.35. The number of benzene rings is 1. The minimum absolute atomic E-state index is 0.593. The van der Waals surface area contributed by atoms with E-state index in [0.29, 0.717) is 12.1 Å². The minimum Gasteiger partial charge on any atom is -0.258 e. The van der Waals surface area contributed by atoms with Gasteiger partial charge in [0.05, 0.1) is 26.9 Å². The van der Waals surface area contributed by atoms with Crippen LogP contribution in [0.4, 0.5) is 17.1 Å². The number of nitrogens with zero attached hydrogens (tertiary/aromatic N) is 3. The van der Waals surface area contributed by atoms with Crippen molar-refractivity contribution in [2.75, 3.05) is 0 Å². The van der Waals surface area contributed by atoms with Crippen LogP contribution in [0.25, 0.3) is 0 Å². The summed E-state index contributed by atoms with van der Waals surface area (Å²) < 4.78 is 0. The normalized spacial score (nSPS) is 9.75. The van der Waals surface area contributed by atoms with Gasteiger partial charge >= 0.3 is 11.4 Å². The molecule has 0 aliphatic heterocycles. The van der Waals surface area contributed by atoms with Crippen LogP contribution in [0.5, 0.6) is 0 Å². The molecule has 0 heterocycles. The number of hydrogen-bond acceptors (Lipinski definition) is 6. The molecule has 83 valence electrons. The maximum atomic E-state index is 10.5. The summed E-state index contributed by atoms with van der Waals surface area (Å²) in [5, 5.41) is 31.3. The molecule has 0 spiro atoms. The van der Waals surface area contributed by atoms with Crippen molar-refractivity contribution >= 4 is 29.7 Å². The van der Waals surface area contributed by atoms with Gasteiger partial charge in [-0.15, -0.1) is 0 Å². The van der Waals surface area contributed by atoms with Crippen molar-refractivity contribution in [3.05, 3.63) is 42.5 Å². The lowest BCUT2D eigenvalue weighted by molar-refractivity contribution is -0.407. The van der Waals surface area contributed by atoms with Crippen LogP contribution in [0.1, 0.15) is 0 Å². The van der Waals surface area contributed by atoms with E-state index in [9.17, 15) is 30.3 Å². The molecule has 1 aromatic carbocycles. The van der Waals surface area contributed by atoms with Gasteiger partial charge in [0, 0.05) is 0 Å². The van der Waals surface area contributed by atoms with E-state index >= 15 is 0 Å². The van der Waals surface area contributed by atoms with Gasteiger partial charge in [-0.3, -0.25) is 30.3 Å². The zero-order valence-corrected chi connectivity index (χ0v) is 8.17. The third-order valence-electron chi connectivity index (χ3n) is 1.64. The second kappa shape index (κ2) is 4.02. The van der Waals surface area contributed by atoms with E-state index in [-0.39, 0.29) is 0 Å². The van der Waals surface area contributed by atoms with Gasteiger partial charge < -0.3 is 0 Å². The first-order valence-electron chi connectivity index (χ1n) is 3.63. The highest BCUT2D eigenvalue weighted by atomic mass is 32.1. The quantitative estimate of drug-likeness (QED) is 0.590. The average molecular weight is 244 g/mol. The summed E-state index contributed by atoms with van der Waals surface area (Å²) in [4.78, 5) is 27.7. The highest BCUT2D eigenvalue weighted by molar-refractivity contribution is 7.80. The fraction of sp³-hybridized carbons (Fsp3) is 0. The van der Waals surface area contributed by atoms with E-state index in [2.05, 4.69) is 12.6 Å². The van der Waals surface area contributed by atoms with Crippen molar-refractivity contribution in [3.63, 3.8) is 0 Å². The minimum atomic E-state index is -0.998. The molecule has 0 unspecified atom stereocenters. The van der Waals surface area contributed by atoms with Crippen molar-refractivity contribution in [3.8, 4) is 0 Å². The molecule has 0 bridgehead atoms. The monoisotopic (exact) mass is 244 g/mol. The Morgan fingerprint density at radius 2 is 1.25 bits per heavy atom. The molecule has 16 heavy (non-hydrogen) atoms. The standard InChI is InChI=1S/C6H2N3O6S/c10-7(11)3-1-4(8(12)13)6(16)5(2-3)9(14)15/h1-2H. The van der Waals surface area contributed by atoms with Gasteiger partial charge in [0.15, 0.2) is 4.90 Å². The maximum Gasteiger partial charge on any atom is 0.301 e. The van der Waals surface area contributed by atoms with Gasteiger partial charge in [-0.05, 0) is 0 Å². The Hall–Kier alpha value is -2.36. The van der Waals surface area contributed by atoms with Crippen molar-refractivity contribution in [1.29, 1.82) is 0 Å². The molecule has 0 saturated heterocycles. The van der Waals surface area contributed by atoms with Gasteiger partial charge in [0.1, 0.15) is 0 Å². The Balaban J connectivity index is 3.57. The lowest BCUT2D eigenvalue weighted by atomic mass is 10.2. The second-order valence-corrected chi connectivity index (χ2v) is 2.99. The Morgan fingerprint density at radius 1 is 0.875 bits per heavy atom. The van der Waals surface area contributed by atoms with E-state index in [1.54, 1.807) is 0 Å². The first-order chi connectivity index (χ1) is 7.34. The molecular formula is C6H2N3O6S. The number of non-ortho nitro benzene ring substituents is 1. The van der Waals surface area contributed by atoms with E-state index < -0.39 is 36.7 Å². The largest absolute Gasteiger partial charge is 0.301 e. The number of nitro benzene ring substituents is 3. The van der Waals surface area contributed by atoms with Crippen LogP contribution in [0.15, 0.2) is 17.0 Å². The number of nitro groups is 3. The molecule has 1 radical (unpaired) electrons. The van der Waals surface area contributed by atoms with Crippen LogP contribution in [-0.2, 0) is 0 Å². The van der Waals surface area contributed by atoms with Gasteiger partial charge in [0.25, 0.3) is 5.69 Å². The molecule has 0 amide bonds. The summed E-state index contributed by atoms with van der Waals surface area (Å²) in [5.41, 5.74) is -2.39. The zero-order chi connectivity index (χ0) is 12.5. The molecule has 10 heteroatoms. The summed E-state index contributed by atoms with van der Waals surface area (Å²) in [6.07, 6.45) is 0. The van der Waals surface area contributed by atoms with E-state index in [0.717, 1.165) is 0 Å². The summed E-state index contributed by atoms with van der Waals surface area (Å²) in [5.74, 6) is 0. The van der Waals surface area contributed by atoms with Gasteiger partial charge in [0.2, 0.25) is 0 Å². The van der Waals surface area contributed by atoms with Crippen LogP contribution in [-0.4, -0.2) is 14.8 Å². The molecule has 0 saturated carbocycles. The third kappa shape index (κ3) is 2.00. The molecule has 0 aromatic heterocycles. The van der Waals surface area contributed by atoms with Crippen LogP contribution in [0.2, 0.25) is 0 Å². The molecule has 0 aliphatic carbocycles. The molecule has 1 aromatic rings. The fourth-order valence-corrected chi connectivity index (χ4v) is 1.23. The lowest BCUT2D eigenvalue weighted by Gasteiger charge is -1.97. The molecule has 1 rings (SSSR count). The van der Waals surface area contributed by atoms with Gasteiger partial charge in [-0.2, -0.15) is 0 Å². The highest BCUT2D eigenvalue weighted by Gasteiger charge is 2.28. The average Bonchev–Trinajstić information content (AvgIpc) is 2.16. The molecule has 0 N–H and O–H groups in total. The summed E-state index contributed by atoms with van der Waals surface area (Å²) in [7, 11) is 0. The fourth-order valence-electron chi connectivity index (χ4n) is 0.961. The Morgan fingerprint density at radius 3 is 1.50 bits per heavy atom. The van der Waals surface area contributed by atoms with Crippen molar-refractivity contribution in [2.45, 2.75) is 4.90 Å². The predicted molar refractivity (Wildman–Crippen MR) is 52.3 cm³/mol. The van der Waals surface area contributed by atoms with Crippen molar-refractivity contribution in [2.24, 2.45) is 0 Å². The summed E-state index contributed by atoms with van der Waals surface area (Å²) >= 11 is 4.48. The van der Waals surface area contributed by atoms with Gasteiger partial charge in [-0.25, -0.2) is 0 Å². The molecule has 0 atom stereocenters. The van der Waals surface area contributed by atoms with E-state index in [1.807, 2.05) is 0 Å². The van der Waals surface area contributed by atoms with E-state index in [4.69, 9.17) is 0 Å². The first kappa shape index (κ1) is 11.7. The molecule has 0 aliphatic rings. The lowest BCUT2D eigenvalue weighted by Crippen LogP contribution is -1.98. The van der Waals surface area contributed by atoms with Crippen molar-refractivity contribution < 1.29 is 14.8 Å². The van der Waals surface area contributed by atoms with E-state index in [1.165, 1.54) is 0 Å². The number of rotatable bonds is 3. The summed E-state index contributed by atoms with van der Waals surface area (Å²) in [6, 6.07) is 1.19. The Kier molecular flexibility index (Phi) is 2.94. The number of hydrogen-bond donors (Lipinski definition) is 0. The summed E-state index contributed by atoms with van der Waals surface area (Å²) in [6.45, 7) is 0.